The first-order valence-electron chi connectivity index (χ1n) is 12.1. The molecule has 0 radical (unpaired) electrons. The molecule has 2 saturated heterocycles. The summed E-state index contributed by atoms with van der Waals surface area (Å²) in [5.74, 6) is 0.131. The Morgan fingerprint density at radius 1 is 0.939 bits per heavy atom. The molecule has 3 heterocycles. The minimum absolute atomic E-state index is 0.197. The number of hydrogen-bond acceptors (Lipinski definition) is 3. The van der Waals surface area contributed by atoms with E-state index in [1.807, 2.05) is 28.4 Å². The average Bonchev–Trinajstić information content (AvgIpc) is 3.52. The Labute approximate surface area is 199 Å². The third kappa shape index (κ3) is 5.20. The molecule has 0 aliphatic carbocycles. The lowest BCUT2D eigenvalue weighted by Gasteiger charge is -2.30. The van der Waals surface area contributed by atoms with Crippen LogP contribution < -0.4 is 0 Å². The first-order chi connectivity index (χ1) is 16.2. The Hall–Kier alpha value is -2.50. The highest BCUT2D eigenvalue weighted by Crippen LogP contribution is 2.38. The van der Waals surface area contributed by atoms with Crippen molar-refractivity contribution in [3.05, 3.63) is 76.4 Å². The molecule has 5 rings (SSSR count). The average molecular weight is 463 g/mol. The van der Waals surface area contributed by atoms with Crippen molar-refractivity contribution in [2.75, 3.05) is 32.7 Å². The van der Waals surface area contributed by atoms with Crippen molar-refractivity contribution in [3.63, 3.8) is 0 Å². The zero-order chi connectivity index (χ0) is 22.6. The van der Waals surface area contributed by atoms with Gasteiger partial charge in [0.15, 0.2) is 0 Å². The number of likely N-dealkylation sites (tertiary alicyclic amines) is 2. The van der Waals surface area contributed by atoms with Crippen LogP contribution in [0.25, 0.3) is 15.7 Å². The number of benzene rings is 2. The van der Waals surface area contributed by atoms with Gasteiger partial charge in [-0.2, -0.15) is 0 Å². The van der Waals surface area contributed by atoms with Gasteiger partial charge in [0.05, 0.1) is 0 Å². The summed E-state index contributed by atoms with van der Waals surface area (Å²) in [4.78, 5) is 18.1. The van der Waals surface area contributed by atoms with Crippen LogP contribution in [0, 0.1) is 5.82 Å². The van der Waals surface area contributed by atoms with E-state index in [0.717, 1.165) is 70.4 Å². The lowest BCUT2D eigenvalue weighted by atomic mass is 9.91. The van der Waals surface area contributed by atoms with E-state index in [9.17, 15) is 9.18 Å². The van der Waals surface area contributed by atoms with Crippen LogP contribution in [0.3, 0.4) is 0 Å². The zero-order valence-electron chi connectivity index (χ0n) is 19.1. The molecule has 5 heteroatoms. The Morgan fingerprint density at radius 2 is 1.67 bits per heavy atom. The van der Waals surface area contributed by atoms with Crippen LogP contribution in [0.15, 0.2) is 60.2 Å². The van der Waals surface area contributed by atoms with E-state index >= 15 is 0 Å². The van der Waals surface area contributed by atoms with Crippen LogP contribution in [0.2, 0.25) is 0 Å². The number of hydrogen-bond donors (Lipinski definition) is 0. The summed E-state index contributed by atoms with van der Waals surface area (Å²) < 4.78 is 14.9. The van der Waals surface area contributed by atoms with E-state index in [1.54, 1.807) is 12.1 Å². The van der Waals surface area contributed by atoms with Crippen LogP contribution in [0.5, 0.6) is 0 Å². The molecule has 0 atom stereocenters. The molecule has 1 aromatic heterocycles. The van der Waals surface area contributed by atoms with Crippen molar-refractivity contribution < 1.29 is 9.18 Å². The first-order valence-corrected chi connectivity index (χ1v) is 13.0. The normalized spacial score (nSPS) is 17.1. The predicted molar refractivity (Wildman–Crippen MR) is 135 cm³/mol. The fraction of sp³-hybridized carbons (Fsp3) is 0.393. The summed E-state index contributed by atoms with van der Waals surface area (Å²) in [6.07, 6.45) is 5.95. The summed E-state index contributed by atoms with van der Waals surface area (Å²) in [5.41, 5.74) is 3.83. The monoisotopic (exact) mass is 462 g/mol. The SMILES string of the molecule is O=C(CCCN1CCC(=C(c2ccc(F)cc2)c2cc3ccccc3s2)CC1)N1CCCC1. The molecule has 3 aromatic rings. The van der Waals surface area contributed by atoms with Gasteiger partial charge in [-0.1, -0.05) is 35.9 Å². The highest BCUT2D eigenvalue weighted by atomic mass is 32.1. The lowest BCUT2D eigenvalue weighted by Crippen LogP contribution is -2.33. The van der Waals surface area contributed by atoms with Crippen molar-refractivity contribution in [1.82, 2.24) is 9.80 Å². The van der Waals surface area contributed by atoms with Crippen LogP contribution in [0.1, 0.15) is 49.0 Å². The van der Waals surface area contributed by atoms with Gasteiger partial charge < -0.3 is 9.80 Å². The van der Waals surface area contributed by atoms with Crippen LogP contribution in [-0.4, -0.2) is 48.4 Å². The fourth-order valence-corrected chi connectivity index (χ4v) is 6.30. The summed E-state index contributed by atoms with van der Waals surface area (Å²) in [7, 11) is 0. The third-order valence-corrected chi connectivity index (χ3v) is 8.08. The zero-order valence-corrected chi connectivity index (χ0v) is 19.9. The number of amides is 1. The van der Waals surface area contributed by atoms with Crippen LogP contribution in [0.4, 0.5) is 4.39 Å². The van der Waals surface area contributed by atoms with Crippen molar-refractivity contribution in [2.45, 2.75) is 38.5 Å². The quantitative estimate of drug-likeness (QED) is 0.427. The maximum absolute atomic E-state index is 13.6. The second kappa shape index (κ2) is 10.2. The van der Waals surface area contributed by atoms with Crippen molar-refractivity contribution >= 4 is 32.9 Å². The summed E-state index contributed by atoms with van der Waals surface area (Å²) in [6.45, 7) is 4.91. The molecule has 172 valence electrons. The van der Waals surface area contributed by atoms with E-state index in [1.165, 1.54) is 26.1 Å². The van der Waals surface area contributed by atoms with E-state index in [4.69, 9.17) is 0 Å². The number of halogens is 1. The molecule has 3 nitrogen and oxygen atoms in total. The summed E-state index contributed by atoms with van der Waals surface area (Å²) in [6, 6.07) is 17.7. The van der Waals surface area contributed by atoms with E-state index < -0.39 is 0 Å². The topological polar surface area (TPSA) is 23.6 Å². The van der Waals surface area contributed by atoms with Crippen molar-refractivity contribution in [1.29, 1.82) is 0 Å². The maximum Gasteiger partial charge on any atom is 0.222 e. The van der Waals surface area contributed by atoms with E-state index in [2.05, 4.69) is 35.2 Å². The highest BCUT2D eigenvalue weighted by Gasteiger charge is 2.21. The van der Waals surface area contributed by atoms with Gasteiger partial charge in [-0.3, -0.25) is 4.79 Å². The number of piperidine rings is 1. The molecule has 2 aliphatic heterocycles. The van der Waals surface area contributed by atoms with Crippen LogP contribution in [-0.2, 0) is 4.79 Å². The Bertz CT molecular complexity index is 1100. The number of thiophene rings is 1. The smallest absolute Gasteiger partial charge is 0.222 e. The van der Waals surface area contributed by atoms with Gasteiger partial charge in [0.2, 0.25) is 5.91 Å². The summed E-state index contributed by atoms with van der Waals surface area (Å²) >= 11 is 1.82. The second-order valence-corrected chi connectivity index (χ2v) is 10.3. The molecule has 1 amide bonds. The van der Waals surface area contributed by atoms with Crippen molar-refractivity contribution in [3.8, 4) is 0 Å². The number of carbonyl (C=O) groups excluding carboxylic acids is 1. The van der Waals surface area contributed by atoms with E-state index in [-0.39, 0.29) is 5.82 Å². The third-order valence-electron chi connectivity index (χ3n) is 6.94. The first kappa shape index (κ1) is 22.3. The van der Waals surface area contributed by atoms with Gasteiger partial charge in [0.1, 0.15) is 5.82 Å². The Morgan fingerprint density at radius 3 is 2.39 bits per heavy atom. The van der Waals surface area contributed by atoms with Gasteiger partial charge >= 0.3 is 0 Å². The maximum atomic E-state index is 13.6. The second-order valence-electron chi connectivity index (χ2n) is 9.17. The molecule has 33 heavy (non-hydrogen) atoms. The largest absolute Gasteiger partial charge is 0.343 e. The van der Waals surface area contributed by atoms with Gasteiger partial charge in [0.25, 0.3) is 0 Å². The molecule has 2 aromatic carbocycles. The molecule has 0 unspecified atom stereocenters. The standard InChI is InChI=1S/C28H31FN2OS/c29-24-11-9-21(10-12-24)28(26-20-23-6-1-2-7-25(23)33-26)22-13-18-30(19-14-22)15-5-8-27(32)31-16-3-4-17-31/h1-2,6-7,9-12,20H,3-5,8,13-19H2. The van der Waals surface area contributed by atoms with Gasteiger partial charge in [-0.15, -0.1) is 11.3 Å². The van der Waals surface area contributed by atoms with Crippen LogP contribution >= 0.6 is 11.3 Å². The minimum Gasteiger partial charge on any atom is -0.343 e. The molecular formula is C28H31FN2OS. The molecule has 0 saturated carbocycles. The summed E-state index contributed by atoms with van der Waals surface area (Å²) in [5, 5.41) is 1.26. The Kier molecular flexibility index (Phi) is 6.88. The molecule has 2 aliphatic rings. The van der Waals surface area contributed by atoms with Gasteiger partial charge in [-0.05, 0) is 79.4 Å². The number of nitrogens with zero attached hydrogens (tertiary/aromatic N) is 2. The van der Waals surface area contributed by atoms with E-state index in [0.29, 0.717) is 12.3 Å². The molecule has 0 bridgehead atoms. The highest BCUT2D eigenvalue weighted by molar-refractivity contribution is 7.20. The number of carbonyl (C=O) groups is 1. The molecule has 0 N–H and O–H groups in total. The molecular weight excluding hydrogens is 431 g/mol. The van der Waals surface area contributed by atoms with Crippen molar-refractivity contribution in [2.24, 2.45) is 0 Å². The lowest BCUT2D eigenvalue weighted by molar-refractivity contribution is -0.130. The number of rotatable bonds is 6. The molecule has 0 spiro atoms. The minimum atomic E-state index is -0.197. The molecule has 2 fully saturated rings. The fourth-order valence-electron chi connectivity index (χ4n) is 5.12. The van der Waals surface area contributed by atoms with Gasteiger partial charge in [-0.25, -0.2) is 4.39 Å². The van der Waals surface area contributed by atoms with Gasteiger partial charge in [0, 0.05) is 42.2 Å². The number of fused-ring (bicyclic) bond motifs is 1. The predicted octanol–water partition coefficient (Wildman–Crippen LogP) is 6.34. The Balaban J connectivity index is 1.29.